The lowest BCUT2D eigenvalue weighted by Crippen LogP contribution is -2.38. The summed E-state index contributed by atoms with van der Waals surface area (Å²) in [5, 5.41) is 0. The molecule has 2 rings (SSSR count). The zero-order valence-corrected chi connectivity index (χ0v) is 18.4. The van der Waals surface area contributed by atoms with Gasteiger partial charge in [-0.15, -0.1) is 0 Å². The highest BCUT2D eigenvalue weighted by molar-refractivity contribution is 5.27. The summed E-state index contributed by atoms with van der Waals surface area (Å²) >= 11 is 0. The molecule has 1 fully saturated rings. The summed E-state index contributed by atoms with van der Waals surface area (Å²) in [6, 6.07) is 9.13. The molecule has 0 N–H and O–H groups in total. The number of likely N-dealkylation sites (N-methyl/N-ethyl adjacent to an activating group) is 1. The van der Waals surface area contributed by atoms with E-state index < -0.39 is 5.79 Å². The fraction of sp³-hybridized carbons (Fsp3) is 0.739. The molecule has 3 atom stereocenters. The van der Waals surface area contributed by atoms with E-state index in [0.29, 0.717) is 19.1 Å². The first-order valence-electron chi connectivity index (χ1n) is 10.3. The highest BCUT2D eigenvalue weighted by atomic mass is 16.8. The van der Waals surface area contributed by atoms with Gasteiger partial charge in [-0.25, -0.2) is 0 Å². The van der Waals surface area contributed by atoms with Crippen LogP contribution in [0.3, 0.4) is 0 Å². The fourth-order valence-electron chi connectivity index (χ4n) is 3.79. The van der Waals surface area contributed by atoms with Gasteiger partial charge in [0.15, 0.2) is 5.79 Å². The van der Waals surface area contributed by atoms with Gasteiger partial charge in [0, 0.05) is 20.2 Å². The molecule has 0 spiro atoms. The molecule has 0 amide bonds. The lowest BCUT2D eigenvalue weighted by Gasteiger charge is -2.28. The van der Waals surface area contributed by atoms with Crippen molar-refractivity contribution in [2.75, 3.05) is 40.0 Å². The van der Waals surface area contributed by atoms with Crippen LogP contribution in [0.4, 0.5) is 0 Å². The van der Waals surface area contributed by atoms with E-state index in [1.54, 1.807) is 7.11 Å². The quantitative estimate of drug-likeness (QED) is 0.643. The van der Waals surface area contributed by atoms with Crippen LogP contribution < -0.4 is 0 Å². The van der Waals surface area contributed by atoms with Crippen LogP contribution in [0.25, 0.3) is 0 Å². The molecule has 0 saturated carbocycles. The molecule has 0 radical (unpaired) electrons. The molecule has 1 aliphatic heterocycles. The number of benzene rings is 1. The van der Waals surface area contributed by atoms with E-state index >= 15 is 0 Å². The number of rotatable bonds is 9. The molecule has 1 aliphatic rings. The summed E-state index contributed by atoms with van der Waals surface area (Å²) in [7, 11) is 1.68. The van der Waals surface area contributed by atoms with Crippen LogP contribution in [0, 0.1) is 5.92 Å². The average molecular weight is 378 g/mol. The van der Waals surface area contributed by atoms with Gasteiger partial charge in [-0.3, -0.25) is 0 Å². The molecule has 3 unspecified atom stereocenters. The smallest absolute Gasteiger partial charge is 0.189 e. The van der Waals surface area contributed by atoms with Crippen LogP contribution in [-0.2, 0) is 26.0 Å². The SMILES string of the molecule is CCN(CC(C)Cc1ccc(C(C)(C)C)cc1)CC1COC(C)(COC)O1. The molecule has 0 aliphatic carbocycles. The molecule has 27 heavy (non-hydrogen) atoms. The Bertz CT molecular complexity index is 566. The lowest BCUT2D eigenvalue weighted by atomic mass is 9.86. The molecule has 0 bridgehead atoms. The van der Waals surface area contributed by atoms with Crippen LogP contribution >= 0.6 is 0 Å². The van der Waals surface area contributed by atoms with Crippen molar-refractivity contribution < 1.29 is 14.2 Å². The van der Waals surface area contributed by atoms with Gasteiger partial charge in [-0.05, 0) is 42.3 Å². The van der Waals surface area contributed by atoms with Crippen molar-refractivity contribution in [2.24, 2.45) is 5.92 Å². The molecule has 0 aromatic heterocycles. The zero-order valence-electron chi connectivity index (χ0n) is 18.4. The van der Waals surface area contributed by atoms with Gasteiger partial charge in [-0.1, -0.05) is 58.9 Å². The predicted molar refractivity (Wildman–Crippen MR) is 111 cm³/mol. The Hall–Kier alpha value is -0.940. The predicted octanol–water partition coefficient (Wildman–Crippen LogP) is 4.26. The molecule has 154 valence electrons. The Morgan fingerprint density at radius 3 is 2.48 bits per heavy atom. The van der Waals surface area contributed by atoms with E-state index in [-0.39, 0.29) is 11.5 Å². The zero-order chi connectivity index (χ0) is 20.1. The van der Waals surface area contributed by atoms with E-state index in [2.05, 4.69) is 63.8 Å². The van der Waals surface area contributed by atoms with Gasteiger partial charge in [0.1, 0.15) is 0 Å². The third kappa shape index (κ3) is 6.86. The minimum Gasteiger partial charge on any atom is -0.379 e. The number of hydrogen-bond donors (Lipinski definition) is 0. The van der Waals surface area contributed by atoms with E-state index in [1.165, 1.54) is 11.1 Å². The maximum absolute atomic E-state index is 6.08. The van der Waals surface area contributed by atoms with Crippen LogP contribution in [0.2, 0.25) is 0 Å². The summed E-state index contributed by atoms with van der Waals surface area (Å²) in [5.74, 6) is -0.00249. The highest BCUT2D eigenvalue weighted by Crippen LogP contribution is 2.25. The second-order valence-corrected chi connectivity index (χ2v) is 9.23. The van der Waals surface area contributed by atoms with Gasteiger partial charge in [0.25, 0.3) is 0 Å². The fourth-order valence-corrected chi connectivity index (χ4v) is 3.79. The van der Waals surface area contributed by atoms with E-state index in [9.17, 15) is 0 Å². The van der Waals surface area contributed by atoms with Crippen molar-refractivity contribution in [3.63, 3.8) is 0 Å². The molecular formula is C23H39NO3. The first kappa shape index (κ1) is 22.4. The lowest BCUT2D eigenvalue weighted by molar-refractivity contribution is -0.185. The summed E-state index contributed by atoms with van der Waals surface area (Å²) in [6.07, 6.45) is 1.22. The van der Waals surface area contributed by atoms with Crippen LogP contribution in [0.5, 0.6) is 0 Å². The summed E-state index contributed by atoms with van der Waals surface area (Å²) < 4.78 is 17.1. The van der Waals surface area contributed by atoms with Crippen LogP contribution in [-0.4, -0.2) is 56.7 Å². The molecule has 1 saturated heterocycles. The molecule has 4 heteroatoms. The standard InChI is InChI=1S/C23H39NO3/c1-8-24(15-21-16-26-23(6,27-21)17-25-7)14-18(2)13-19-9-11-20(12-10-19)22(3,4)5/h9-12,18,21H,8,13-17H2,1-7H3. The number of nitrogens with zero attached hydrogens (tertiary/aromatic N) is 1. The average Bonchev–Trinajstić information content (AvgIpc) is 2.94. The topological polar surface area (TPSA) is 30.9 Å². The summed E-state index contributed by atoms with van der Waals surface area (Å²) in [6.45, 7) is 17.4. The van der Waals surface area contributed by atoms with Crippen LogP contribution in [0.15, 0.2) is 24.3 Å². The van der Waals surface area contributed by atoms with E-state index in [1.807, 2.05) is 6.92 Å². The highest BCUT2D eigenvalue weighted by Gasteiger charge is 2.37. The summed E-state index contributed by atoms with van der Waals surface area (Å²) in [4.78, 5) is 2.47. The number of methoxy groups -OCH3 is 1. The second-order valence-electron chi connectivity index (χ2n) is 9.23. The first-order valence-corrected chi connectivity index (χ1v) is 10.3. The van der Waals surface area contributed by atoms with Crippen molar-refractivity contribution in [2.45, 2.75) is 65.3 Å². The van der Waals surface area contributed by atoms with Crippen molar-refractivity contribution >= 4 is 0 Å². The third-order valence-corrected chi connectivity index (χ3v) is 5.28. The third-order valence-electron chi connectivity index (χ3n) is 5.28. The number of hydrogen-bond acceptors (Lipinski definition) is 4. The van der Waals surface area contributed by atoms with Gasteiger partial charge in [0.2, 0.25) is 0 Å². The van der Waals surface area contributed by atoms with Crippen molar-refractivity contribution in [3.8, 4) is 0 Å². The monoisotopic (exact) mass is 377 g/mol. The minimum absolute atomic E-state index is 0.114. The Morgan fingerprint density at radius 1 is 1.26 bits per heavy atom. The molecule has 1 heterocycles. The van der Waals surface area contributed by atoms with Gasteiger partial charge < -0.3 is 19.1 Å². The van der Waals surface area contributed by atoms with Crippen LogP contribution in [0.1, 0.15) is 52.7 Å². The molecule has 4 nitrogen and oxygen atoms in total. The Kier molecular flexibility index (Phi) is 7.87. The normalized spacial score (nSPS) is 24.5. The number of ether oxygens (including phenoxy) is 3. The Balaban J connectivity index is 1.83. The van der Waals surface area contributed by atoms with E-state index in [0.717, 1.165) is 26.1 Å². The van der Waals surface area contributed by atoms with Crippen molar-refractivity contribution in [1.29, 1.82) is 0 Å². The Labute approximate surface area is 166 Å². The van der Waals surface area contributed by atoms with Gasteiger partial charge in [0.05, 0.1) is 19.3 Å². The summed E-state index contributed by atoms with van der Waals surface area (Å²) in [5.41, 5.74) is 3.02. The molecular weight excluding hydrogens is 338 g/mol. The minimum atomic E-state index is -0.598. The largest absolute Gasteiger partial charge is 0.379 e. The van der Waals surface area contributed by atoms with Gasteiger partial charge >= 0.3 is 0 Å². The van der Waals surface area contributed by atoms with Crippen molar-refractivity contribution in [3.05, 3.63) is 35.4 Å². The first-order chi connectivity index (χ1) is 12.6. The molecule has 1 aromatic carbocycles. The molecule has 1 aromatic rings. The maximum Gasteiger partial charge on any atom is 0.189 e. The Morgan fingerprint density at radius 2 is 1.93 bits per heavy atom. The van der Waals surface area contributed by atoms with E-state index in [4.69, 9.17) is 14.2 Å². The maximum atomic E-state index is 6.08. The van der Waals surface area contributed by atoms with Gasteiger partial charge in [-0.2, -0.15) is 0 Å². The van der Waals surface area contributed by atoms with Crippen molar-refractivity contribution in [1.82, 2.24) is 4.90 Å². The second kappa shape index (κ2) is 9.51.